The van der Waals surface area contributed by atoms with Crippen LogP contribution in [0.3, 0.4) is 0 Å². The van der Waals surface area contributed by atoms with Gasteiger partial charge in [0, 0.05) is 17.2 Å². The average Bonchev–Trinajstić information content (AvgIpc) is 3.14. The van der Waals surface area contributed by atoms with Crippen LogP contribution in [0.2, 0.25) is 0 Å². The van der Waals surface area contributed by atoms with Crippen LogP contribution in [0.5, 0.6) is 5.75 Å². The number of allylic oxidation sites excluding steroid dienone is 6. The van der Waals surface area contributed by atoms with Gasteiger partial charge in [0.2, 0.25) is 5.78 Å². The molecule has 230 valence electrons. The summed E-state index contributed by atoms with van der Waals surface area (Å²) in [5, 5.41) is 2.68. The number of fused-ring (bicyclic) bond motifs is 2. The number of Topliss-reactive ketones (excluding diaryl/α,β-unsaturated/α-hetero) is 1. The maximum absolute atomic E-state index is 13.3. The van der Waals surface area contributed by atoms with Gasteiger partial charge in [0.15, 0.2) is 0 Å². The van der Waals surface area contributed by atoms with Gasteiger partial charge in [-0.15, -0.1) is 0 Å². The smallest absolute Gasteiger partial charge is 0.405 e. The van der Waals surface area contributed by atoms with Gasteiger partial charge in [0.05, 0.1) is 12.5 Å². The summed E-state index contributed by atoms with van der Waals surface area (Å²) in [7, 11) is 1.57. The normalized spacial score (nSPS) is 19.9. The van der Waals surface area contributed by atoms with E-state index in [0.717, 1.165) is 67.6 Å². The van der Waals surface area contributed by atoms with Gasteiger partial charge in [0.25, 0.3) is 0 Å². The van der Waals surface area contributed by atoms with Crippen LogP contribution in [-0.2, 0) is 5.41 Å². The predicted octanol–water partition coefficient (Wildman–Crippen LogP) is 7.65. The number of methoxy groups -OCH3 is 1. The number of alkyl halides is 3. The van der Waals surface area contributed by atoms with E-state index in [-0.39, 0.29) is 11.7 Å². The number of likely N-dealkylation sites (tertiary alicyclic amines) is 1. The van der Waals surface area contributed by atoms with Crippen molar-refractivity contribution in [2.75, 3.05) is 33.3 Å². The van der Waals surface area contributed by atoms with Gasteiger partial charge in [-0.3, -0.25) is 4.79 Å². The largest absolute Gasteiger partial charge is 0.497 e. The van der Waals surface area contributed by atoms with E-state index in [2.05, 4.69) is 46.9 Å². The number of carbonyl (C=O) groups is 1. The molecule has 1 unspecified atom stereocenters. The lowest BCUT2D eigenvalue weighted by atomic mass is 9.70. The number of piperidine rings is 1. The minimum Gasteiger partial charge on any atom is -0.497 e. The summed E-state index contributed by atoms with van der Waals surface area (Å²) in [6.07, 6.45) is 8.76. The summed E-state index contributed by atoms with van der Waals surface area (Å²) < 4.78 is 45.0. The van der Waals surface area contributed by atoms with Gasteiger partial charge in [-0.1, -0.05) is 79.6 Å². The van der Waals surface area contributed by atoms with Crippen LogP contribution in [0, 0.1) is 17.8 Å². The molecule has 1 atom stereocenters. The van der Waals surface area contributed by atoms with Crippen molar-refractivity contribution in [3.05, 3.63) is 107 Å². The minimum absolute atomic E-state index is 0.184. The molecule has 0 bridgehead atoms. The fourth-order valence-corrected chi connectivity index (χ4v) is 6.71. The standard InChI is InChI=1S/C37H39F3N2O2/c1-27(41-26-37(38,39)40)36(33-15-5-3-4-13-31(33)32-14-6-7-16-34(32)36)21-8-9-22-42-23-19-28(20-24-42)17-18-35(43)29-11-10-12-30(25-29)44-2/h3-7,10-14,16,25,28,41H,1,8-9,15,19-24,26H2,2H3. The second kappa shape index (κ2) is 13.7. The SMILES string of the molecule is C=C(NCC(F)(F)F)C1(CCCCN2CCC(C#CC(=O)c3cccc(OC)c3)CC2)C2=C(C=CC=CC2)c2ccccc21. The molecule has 7 heteroatoms. The van der Waals surface area contributed by atoms with Gasteiger partial charge >= 0.3 is 6.18 Å². The van der Waals surface area contributed by atoms with Crippen LogP contribution in [0.1, 0.15) is 60.0 Å². The van der Waals surface area contributed by atoms with E-state index >= 15 is 0 Å². The van der Waals surface area contributed by atoms with E-state index in [0.29, 0.717) is 29.9 Å². The summed E-state index contributed by atoms with van der Waals surface area (Å²) in [6.45, 7) is 5.84. The van der Waals surface area contributed by atoms with Crippen LogP contribution in [-0.4, -0.2) is 50.1 Å². The molecule has 1 saturated heterocycles. The summed E-state index contributed by atoms with van der Waals surface area (Å²) in [6, 6.07) is 15.1. The average molecular weight is 601 g/mol. The van der Waals surface area contributed by atoms with Crippen molar-refractivity contribution in [1.82, 2.24) is 10.2 Å². The molecular weight excluding hydrogens is 561 g/mol. The molecule has 2 aromatic rings. The van der Waals surface area contributed by atoms with E-state index < -0.39 is 18.1 Å². The highest BCUT2D eigenvalue weighted by molar-refractivity contribution is 6.09. The van der Waals surface area contributed by atoms with Crippen LogP contribution < -0.4 is 10.1 Å². The maximum atomic E-state index is 13.3. The summed E-state index contributed by atoms with van der Waals surface area (Å²) in [4.78, 5) is 15.0. The third kappa shape index (κ3) is 7.03. The molecule has 1 N–H and O–H groups in total. The third-order valence-corrected chi connectivity index (χ3v) is 8.95. The number of ether oxygens (including phenoxy) is 1. The van der Waals surface area contributed by atoms with Crippen molar-refractivity contribution in [2.24, 2.45) is 5.92 Å². The Balaban J connectivity index is 1.21. The number of unbranched alkanes of at least 4 members (excludes halogenated alkanes) is 1. The number of nitrogens with zero attached hydrogens (tertiary/aromatic N) is 1. The number of halogens is 3. The van der Waals surface area contributed by atoms with Crippen molar-refractivity contribution in [1.29, 1.82) is 0 Å². The molecule has 4 nitrogen and oxygen atoms in total. The molecule has 1 heterocycles. The summed E-state index contributed by atoms with van der Waals surface area (Å²) in [5.41, 5.74) is 4.57. The van der Waals surface area contributed by atoms with E-state index in [1.54, 1.807) is 31.4 Å². The number of nitrogens with one attached hydrogen (secondary N) is 1. The lowest BCUT2D eigenvalue weighted by Crippen LogP contribution is -2.40. The Kier molecular flexibility index (Phi) is 9.80. The number of hydrogen-bond donors (Lipinski definition) is 1. The molecule has 3 aliphatic rings. The molecule has 44 heavy (non-hydrogen) atoms. The quantitative estimate of drug-likeness (QED) is 0.132. The molecule has 0 radical (unpaired) electrons. The van der Waals surface area contributed by atoms with E-state index in [4.69, 9.17) is 4.74 Å². The van der Waals surface area contributed by atoms with Crippen LogP contribution in [0.15, 0.2) is 90.7 Å². The monoisotopic (exact) mass is 600 g/mol. The highest BCUT2D eigenvalue weighted by Gasteiger charge is 2.46. The zero-order valence-corrected chi connectivity index (χ0v) is 25.2. The molecule has 0 saturated carbocycles. The number of carbonyl (C=O) groups excluding carboxylic acids is 1. The Morgan fingerprint density at radius 3 is 2.68 bits per heavy atom. The fourth-order valence-electron chi connectivity index (χ4n) is 6.71. The van der Waals surface area contributed by atoms with Gasteiger partial charge in [0.1, 0.15) is 12.3 Å². The molecule has 2 aliphatic carbocycles. The van der Waals surface area contributed by atoms with Crippen LogP contribution in [0.4, 0.5) is 13.2 Å². The molecule has 1 fully saturated rings. The lowest BCUT2D eigenvalue weighted by molar-refractivity contribution is -0.123. The topological polar surface area (TPSA) is 41.6 Å². The molecule has 5 rings (SSSR count). The second-order valence-electron chi connectivity index (χ2n) is 11.7. The van der Waals surface area contributed by atoms with Crippen LogP contribution >= 0.6 is 0 Å². The Bertz CT molecular complexity index is 1530. The van der Waals surface area contributed by atoms with Gasteiger partial charge in [-0.2, -0.15) is 13.2 Å². The summed E-state index contributed by atoms with van der Waals surface area (Å²) >= 11 is 0. The molecule has 1 aliphatic heterocycles. The first kappa shape index (κ1) is 31.4. The molecule has 0 aromatic heterocycles. The highest BCUT2D eigenvalue weighted by atomic mass is 19.4. The van der Waals surface area contributed by atoms with Gasteiger partial charge in [-0.05, 0) is 92.1 Å². The second-order valence-corrected chi connectivity index (χ2v) is 11.7. The zero-order chi connectivity index (χ0) is 31.2. The van der Waals surface area contributed by atoms with E-state index in [1.807, 2.05) is 30.4 Å². The summed E-state index contributed by atoms with van der Waals surface area (Å²) in [5.74, 6) is 6.63. The molecule has 0 spiro atoms. The first-order chi connectivity index (χ1) is 21.2. The van der Waals surface area contributed by atoms with E-state index in [9.17, 15) is 18.0 Å². The highest BCUT2D eigenvalue weighted by Crippen LogP contribution is 2.54. The first-order valence-electron chi connectivity index (χ1n) is 15.3. The first-order valence-corrected chi connectivity index (χ1v) is 15.3. The van der Waals surface area contributed by atoms with Crippen molar-refractivity contribution in [3.8, 4) is 17.6 Å². The van der Waals surface area contributed by atoms with Crippen molar-refractivity contribution in [2.45, 2.75) is 50.1 Å². The Labute approximate surface area is 258 Å². The Morgan fingerprint density at radius 2 is 1.91 bits per heavy atom. The van der Waals surface area contributed by atoms with Crippen molar-refractivity contribution >= 4 is 11.4 Å². The predicted molar refractivity (Wildman–Crippen MR) is 169 cm³/mol. The van der Waals surface area contributed by atoms with Gasteiger partial charge < -0.3 is 15.0 Å². The van der Waals surface area contributed by atoms with Crippen LogP contribution in [0.25, 0.3) is 5.57 Å². The number of rotatable bonds is 10. The minimum atomic E-state index is -4.33. The maximum Gasteiger partial charge on any atom is 0.405 e. The number of benzene rings is 2. The molecule has 0 amide bonds. The molecule has 2 aromatic carbocycles. The third-order valence-electron chi connectivity index (χ3n) is 8.95. The molecular formula is C37H39F3N2O2. The van der Waals surface area contributed by atoms with Crippen molar-refractivity contribution < 1.29 is 22.7 Å². The lowest BCUT2D eigenvalue weighted by Gasteiger charge is -2.37. The van der Waals surface area contributed by atoms with E-state index in [1.165, 1.54) is 0 Å². The zero-order valence-electron chi connectivity index (χ0n) is 25.2. The Morgan fingerprint density at radius 1 is 1.11 bits per heavy atom. The number of ketones is 1. The van der Waals surface area contributed by atoms with Gasteiger partial charge in [-0.25, -0.2) is 0 Å². The van der Waals surface area contributed by atoms with Crippen molar-refractivity contribution in [3.63, 3.8) is 0 Å². The Hall–Kier alpha value is -4.02. The number of hydrogen-bond acceptors (Lipinski definition) is 4. The fraction of sp³-hybridized carbons (Fsp3) is 0.378.